The maximum atomic E-state index is 3.45. The summed E-state index contributed by atoms with van der Waals surface area (Å²) in [6, 6.07) is 1.44. The molecule has 1 fully saturated rings. The molecule has 1 aliphatic heterocycles. The molecule has 2 heteroatoms. The van der Waals surface area contributed by atoms with Crippen molar-refractivity contribution in [2.75, 3.05) is 19.6 Å². The Morgan fingerprint density at radius 3 is 2.91 bits per heavy atom. The van der Waals surface area contributed by atoms with Crippen LogP contribution in [0.1, 0.15) is 27.2 Å². The molecule has 0 spiro atoms. The van der Waals surface area contributed by atoms with Gasteiger partial charge in [0.15, 0.2) is 0 Å². The standard InChI is InChI=1S/C9H20N2/c1-4-9(3)11-6-5-10-8(2)7-11/h8-10H,4-7H2,1-3H3/t8-,9?/m0/s1. The predicted octanol–water partition coefficient (Wildman–Crippen LogP) is 1.08. The number of hydrogen-bond acceptors (Lipinski definition) is 2. The molecule has 2 nitrogen and oxygen atoms in total. The van der Waals surface area contributed by atoms with Crippen LogP contribution in [0, 0.1) is 0 Å². The quantitative estimate of drug-likeness (QED) is 0.643. The van der Waals surface area contributed by atoms with Gasteiger partial charge < -0.3 is 5.32 Å². The SMILES string of the molecule is CCC(C)N1CCN[C@@H](C)C1. The number of nitrogens with zero attached hydrogens (tertiary/aromatic N) is 1. The molecular weight excluding hydrogens is 136 g/mol. The topological polar surface area (TPSA) is 15.3 Å². The highest BCUT2D eigenvalue weighted by atomic mass is 15.2. The van der Waals surface area contributed by atoms with Crippen molar-refractivity contribution in [3.63, 3.8) is 0 Å². The Bertz CT molecular complexity index is 114. The lowest BCUT2D eigenvalue weighted by Crippen LogP contribution is -2.51. The maximum absolute atomic E-state index is 3.45. The van der Waals surface area contributed by atoms with Gasteiger partial charge in [0.25, 0.3) is 0 Å². The molecule has 0 amide bonds. The number of rotatable bonds is 2. The van der Waals surface area contributed by atoms with Crippen molar-refractivity contribution >= 4 is 0 Å². The van der Waals surface area contributed by atoms with Crippen molar-refractivity contribution in [3.05, 3.63) is 0 Å². The number of piperazine rings is 1. The molecule has 2 atom stereocenters. The van der Waals surface area contributed by atoms with Crippen molar-refractivity contribution in [2.45, 2.75) is 39.3 Å². The van der Waals surface area contributed by atoms with Gasteiger partial charge in [-0.3, -0.25) is 4.90 Å². The van der Waals surface area contributed by atoms with Gasteiger partial charge in [0.05, 0.1) is 0 Å². The van der Waals surface area contributed by atoms with Gasteiger partial charge in [0.1, 0.15) is 0 Å². The van der Waals surface area contributed by atoms with Gasteiger partial charge in [0.2, 0.25) is 0 Å². The molecule has 1 aliphatic rings. The molecule has 0 bridgehead atoms. The van der Waals surface area contributed by atoms with Crippen LogP contribution in [-0.2, 0) is 0 Å². The van der Waals surface area contributed by atoms with E-state index >= 15 is 0 Å². The largest absolute Gasteiger partial charge is 0.312 e. The summed E-state index contributed by atoms with van der Waals surface area (Å²) >= 11 is 0. The average Bonchev–Trinajstić information content (AvgIpc) is 2.03. The van der Waals surface area contributed by atoms with E-state index in [4.69, 9.17) is 0 Å². The zero-order valence-electron chi connectivity index (χ0n) is 7.93. The van der Waals surface area contributed by atoms with E-state index in [2.05, 4.69) is 31.0 Å². The lowest BCUT2D eigenvalue weighted by Gasteiger charge is -2.35. The zero-order valence-corrected chi connectivity index (χ0v) is 7.93. The van der Waals surface area contributed by atoms with Crippen LogP contribution in [0.15, 0.2) is 0 Å². The molecule has 0 radical (unpaired) electrons. The molecule has 0 aromatic heterocycles. The fourth-order valence-electron chi connectivity index (χ4n) is 1.62. The molecule has 0 aromatic rings. The van der Waals surface area contributed by atoms with Crippen LogP contribution in [0.5, 0.6) is 0 Å². The van der Waals surface area contributed by atoms with Crippen LogP contribution in [0.3, 0.4) is 0 Å². The summed E-state index contributed by atoms with van der Waals surface area (Å²) in [5.74, 6) is 0. The lowest BCUT2D eigenvalue weighted by molar-refractivity contribution is 0.155. The minimum Gasteiger partial charge on any atom is -0.312 e. The van der Waals surface area contributed by atoms with Crippen LogP contribution in [0.25, 0.3) is 0 Å². The Kier molecular flexibility index (Phi) is 3.34. The summed E-state index contributed by atoms with van der Waals surface area (Å²) in [7, 11) is 0. The van der Waals surface area contributed by atoms with Gasteiger partial charge in [-0.05, 0) is 20.3 Å². The van der Waals surface area contributed by atoms with Gasteiger partial charge in [-0.2, -0.15) is 0 Å². The maximum Gasteiger partial charge on any atom is 0.0167 e. The highest BCUT2D eigenvalue weighted by molar-refractivity contribution is 4.77. The Balaban J connectivity index is 2.33. The fourth-order valence-corrected chi connectivity index (χ4v) is 1.62. The Morgan fingerprint density at radius 2 is 2.36 bits per heavy atom. The van der Waals surface area contributed by atoms with E-state index in [1.807, 2.05) is 0 Å². The summed E-state index contributed by atoms with van der Waals surface area (Å²) in [4.78, 5) is 2.57. The van der Waals surface area contributed by atoms with Crippen molar-refractivity contribution in [1.82, 2.24) is 10.2 Å². The zero-order chi connectivity index (χ0) is 8.27. The summed E-state index contributed by atoms with van der Waals surface area (Å²) in [6.45, 7) is 10.4. The van der Waals surface area contributed by atoms with Crippen molar-refractivity contribution in [1.29, 1.82) is 0 Å². The van der Waals surface area contributed by atoms with Crippen LogP contribution < -0.4 is 5.32 Å². The first-order valence-electron chi connectivity index (χ1n) is 4.71. The van der Waals surface area contributed by atoms with E-state index in [0.29, 0.717) is 6.04 Å². The molecular formula is C9H20N2. The highest BCUT2D eigenvalue weighted by Gasteiger charge is 2.18. The summed E-state index contributed by atoms with van der Waals surface area (Å²) in [5.41, 5.74) is 0. The molecule has 1 saturated heterocycles. The molecule has 1 N–H and O–H groups in total. The second-order valence-electron chi connectivity index (χ2n) is 3.61. The molecule has 11 heavy (non-hydrogen) atoms. The molecule has 66 valence electrons. The van der Waals surface area contributed by atoms with Crippen LogP contribution >= 0.6 is 0 Å². The van der Waals surface area contributed by atoms with Crippen molar-refractivity contribution < 1.29 is 0 Å². The number of hydrogen-bond donors (Lipinski definition) is 1. The molecule has 0 aromatic carbocycles. The summed E-state index contributed by atoms with van der Waals surface area (Å²) in [6.07, 6.45) is 1.27. The van der Waals surface area contributed by atoms with Gasteiger partial charge in [-0.25, -0.2) is 0 Å². The van der Waals surface area contributed by atoms with E-state index in [1.165, 1.54) is 19.5 Å². The third kappa shape index (κ3) is 2.46. The van der Waals surface area contributed by atoms with E-state index in [9.17, 15) is 0 Å². The Labute approximate surface area is 70.0 Å². The van der Waals surface area contributed by atoms with E-state index < -0.39 is 0 Å². The minimum absolute atomic E-state index is 0.678. The normalized spacial score (nSPS) is 30.3. The van der Waals surface area contributed by atoms with E-state index in [1.54, 1.807) is 0 Å². The number of nitrogens with one attached hydrogen (secondary N) is 1. The van der Waals surface area contributed by atoms with Gasteiger partial charge in [-0.1, -0.05) is 6.92 Å². The molecule has 1 rings (SSSR count). The first-order valence-corrected chi connectivity index (χ1v) is 4.71. The first kappa shape index (κ1) is 9.01. The predicted molar refractivity (Wildman–Crippen MR) is 48.8 cm³/mol. The van der Waals surface area contributed by atoms with Crippen molar-refractivity contribution in [3.8, 4) is 0 Å². The average molecular weight is 156 g/mol. The Morgan fingerprint density at radius 1 is 1.64 bits per heavy atom. The van der Waals surface area contributed by atoms with Crippen molar-refractivity contribution in [2.24, 2.45) is 0 Å². The minimum atomic E-state index is 0.678. The van der Waals surface area contributed by atoms with Crippen LogP contribution in [0.4, 0.5) is 0 Å². The molecule has 0 saturated carbocycles. The second-order valence-corrected chi connectivity index (χ2v) is 3.61. The molecule has 0 aliphatic carbocycles. The first-order chi connectivity index (χ1) is 5.24. The van der Waals surface area contributed by atoms with Crippen LogP contribution in [-0.4, -0.2) is 36.6 Å². The smallest absolute Gasteiger partial charge is 0.0167 e. The third-order valence-electron chi connectivity index (χ3n) is 2.61. The summed E-state index contributed by atoms with van der Waals surface area (Å²) in [5, 5.41) is 3.45. The van der Waals surface area contributed by atoms with Crippen LogP contribution in [0.2, 0.25) is 0 Å². The van der Waals surface area contributed by atoms with E-state index in [0.717, 1.165) is 12.6 Å². The second kappa shape index (κ2) is 4.07. The third-order valence-corrected chi connectivity index (χ3v) is 2.61. The Hall–Kier alpha value is -0.0800. The summed E-state index contributed by atoms with van der Waals surface area (Å²) < 4.78 is 0. The molecule has 1 unspecified atom stereocenters. The van der Waals surface area contributed by atoms with Gasteiger partial charge in [0, 0.05) is 31.7 Å². The fraction of sp³-hybridized carbons (Fsp3) is 1.00. The monoisotopic (exact) mass is 156 g/mol. The van der Waals surface area contributed by atoms with Gasteiger partial charge in [-0.15, -0.1) is 0 Å². The molecule has 1 heterocycles. The van der Waals surface area contributed by atoms with Gasteiger partial charge >= 0.3 is 0 Å². The highest BCUT2D eigenvalue weighted by Crippen LogP contribution is 2.06. The van der Waals surface area contributed by atoms with E-state index in [-0.39, 0.29) is 0 Å². The lowest BCUT2D eigenvalue weighted by atomic mass is 10.1.